The van der Waals surface area contributed by atoms with Crippen molar-refractivity contribution in [2.75, 3.05) is 23.3 Å². The van der Waals surface area contributed by atoms with Crippen molar-refractivity contribution in [2.45, 2.75) is 44.1 Å². The van der Waals surface area contributed by atoms with E-state index >= 15 is 0 Å². The first-order valence-corrected chi connectivity index (χ1v) is 10.8. The molecule has 3 aromatic rings. The lowest BCUT2D eigenvalue weighted by Gasteiger charge is -2.37. The lowest BCUT2D eigenvalue weighted by molar-refractivity contribution is 0.440. The SMILES string of the molecule is N=Cc1c(NC2CCCCC2)nc(C2CN(c3nnc(-c4ccccc4)o3)C2)[nH]c1=O. The first kappa shape index (κ1) is 19.5. The minimum atomic E-state index is -0.277. The number of benzene rings is 1. The van der Waals surface area contributed by atoms with E-state index in [2.05, 4.69) is 20.5 Å². The van der Waals surface area contributed by atoms with E-state index < -0.39 is 0 Å². The summed E-state index contributed by atoms with van der Waals surface area (Å²) in [6, 6.07) is 10.4. The molecule has 0 atom stereocenters. The zero-order valence-electron chi connectivity index (χ0n) is 17.2. The summed E-state index contributed by atoms with van der Waals surface area (Å²) >= 11 is 0. The van der Waals surface area contributed by atoms with Gasteiger partial charge in [0.15, 0.2) is 0 Å². The second kappa shape index (κ2) is 8.33. The smallest absolute Gasteiger partial charge is 0.318 e. The van der Waals surface area contributed by atoms with Crippen molar-refractivity contribution in [1.29, 1.82) is 5.41 Å². The highest BCUT2D eigenvalue weighted by molar-refractivity contribution is 5.83. The van der Waals surface area contributed by atoms with E-state index in [-0.39, 0.29) is 17.0 Å². The van der Waals surface area contributed by atoms with Gasteiger partial charge in [0.2, 0.25) is 5.89 Å². The Morgan fingerprint density at radius 1 is 1.13 bits per heavy atom. The van der Waals surface area contributed by atoms with E-state index in [1.54, 1.807) is 0 Å². The van der Waals surface area contributed by atoms with Crippen LogP contribution in [0.15, 0.2) is 39.5 Å². The third kappa shape index (κ3) is 3.95. The molecule has 9 nitrogen and oxygen atoms in total. The molecule has 0 amide bonds. The standard InChI is InChI=1S/C22H25N7O2/c23-11-17-19(24-16-9-5-2-6-10-16)25-18(26-20(17)30)15-12-29(13-15)22-28-27-21(31-22)14-7-3-1-4-8-14/h1,3-4,7-8,11,15-16,23H,2,5-6,9-10,12-13H2,(H2,24,25,26,30). The van der Waals surface area contributed by atoms with Gasteiger partial charge in [0.05, 0.1) is 11.5 Å². The van der Waals surface area contributed by atoms with E-state index in [1.807, 2.05) is 35.2 Å². The summed E-state index contributed by atoms with van der Waals surface area (Å²) in [5, 5.41) is 19.3. The fourth-order valence-electron chi connectivity index (χ4n) is 4.23. The quantitative estimate of drug-likeness (QED) is 0.524. The van der Waals surface area contributed by atoms with Crippen LogP contribution in [0.1, 0.15) is 49.4 Å². The van der Waals surface area contributed by atoms with Gasteiger partial charge in [-0.2, -0.15) is 0 Å². The second-order valence-corrected chi connectivity index (χ2v) is 8.19. The molecule has 2 aromatic heterocycles. The number of anilines is 2. The van der Waals surface area contributed by atoms with E-state index in [4.69, 9.17) is 14.8 Å². The van der Waals surface area contributed by atoms with E-state index in [0.717, 1.165) is 24.6 Å². The van der Waals surface area contributed by atoms with Crippen LogP contribution in [0.3, 0.4) is 0 Å². The maximum Gasteiger partial charge on any atom is 0.318 e. The molecule has 1 aliphatic heterocycles. The lowest BCUT2D eigenvalue weighted by Crippen LogP contribution is -2.46. The largest absolute Gasteiger partial charge is 0.403 e. The Balaban J connectivity index is 1.30. The van der Waals surface area contributed by atoms with E-state index in [1.165, 1.54) is 19.3 Å². The predicted octanol–water partition coefficient (Wildman–Crippen LogP) is 3.17. The topological polar surface area (TPSA) is 124 Å². The van der Waals surface area contributed by atoms with E-state index in [0.29, 0.717) is 42.7 Å². The second-order valence-electron chi connectivity index (χ2n) is 8.19. The van der Waals surface area contributed by atoms with Gasteiger partial charge in [0.25, 0.3) is 5.56 Å². The van der Waals surface area contributed by atoms with Gasteiger partial charge in [-0.05, 0) is 25.0 Å². The highest BCUT2D eigenvalue weighted by atomic mass is 16.4. The van der Waals surface area contributed by atoms with Crippen molar-refractivity contribution in [3.63, 3.8) is 0 Å². The highest BCUT2D eigenvalue weighted by Crippen LogP contribution is 2.31. The number of rotatable bonds is 6. The summed E-state index contributed by atoms with van der Waals surface area (Å²) < 4.78 is 5.81. The van der Waals surface area contributed by atoms with Gasteiger partial charge in [-0.15, -0.1) is 5.10 Å². The maximum atomic E-state index is 12.5. The molecule has 3 heterocycles. The average molecular weight is 419 g/mol. The third-order valence-electron chi connectivity index (χ3n) is 6.04. The van der Waals surface area contributed by atoms with Gasteiger partial charge >= 0.3 is 6.01 Å². The van der Waals surface area contributed by atoms with Crippen molar-refractivity contribution in [2.24, 2.45) is 0 Å². The number of aromatic nitrogens is 4. The normalized spacial score (nSPS) is 17.4. The number of nitrogens with zero attached hydrogens (tertiary/aromatic N) is 4. The zero-order chi connectivity index (χ0) is 21.2. The molecule has 9 heteroatoms. The van der Waals surface area contributed by atoms with E-state index in [9.17, 15) is 4.79 Å². The fourth-order valence-corrected chi connectivity index (χ4v) is 4.23. The van der Waals surface area contributed by atoms with Gasteiger partial charge < -0.3 is 25.0 Å². The van der Waals surface area contributed by atoms with Crippen LogP contribution in [0.4, 0.5) is 11.8 Å². The van der Waals surface area contributed by atoms with Crippen molar-refractivity contribution >= 4 is 18.0 Å². The van der Waals surface area contributed by atoms with Crippen molar-refractivity contribution in [3.05, 3.63) is 52.1 Å². The van der Waals surface area contributed by atoms with Crippen LogP contribution in [-0.4, -0.2) is 45.5 Å². The molecule has 2 fully saturated rings. The molecule has 2 aliphatic rings. The summed E-state index contributed by atoms with van der Waals surface area (Å²) in [5.41, 5.74) is 0.890. The summed E-state index contributed by atoms with van der Waals surface area (Å²) in [6.07, 6.45) is 6.83. The molecule has 0 spiro atoms. The Labute approximate surface area is 179 Å². The molecule has 5 rings (SSSR count). The zero-order valence-corrected chi connectivity index (χ0v) is 17.2. The predicted molar refractivity (Wildman–Crippen MR) is 118 cm³/mol. The summed E-state index contributed by atoms with van der Waals surface area (Å²) in [5.74, 6) is 1.70. The minimum absolute atomic E-state index is 0.0615. The highest BCUT2D eigenvalue weighted by Gasteiger charge is 2.34. The number of hydrogen-bond acceptors (Lipinski definition) is 8. The molecule has 1 saturated carbocycles. The first-order valence-electron chi connectivity index (χ1n) is 10.8. The maximum absolute atomic E-state index is 12.5. The lowest BCUT2D eigenvalue weighted by atomic mass is 9.95. The van der Waals surface area contributed by atoms with Crippen LogP contribution in [0, 0.1) is 5.41 Å². The number of hydrogen-bond donors (Lipinski definition) is 3. The van der Waals surface area contributed by atoms with Gasteiger partial charge in [-0.1, -0.05) is 42.6 Å². The Hall–Kier alpha value is -3.49. The van der Waals surface area contributed by atoms with Crippen LogP contribution in [0.25, 0.3) is 11.5 Å². The average Bonchev–Trinajstić information content (AvgIpc) is 3.24. The van der Waals surface area contributed by atoms with Crippen LogP contribution in [0.2, 0.25) is 0 Å². The summed E-state index contributed by atoms with van der Waals surface area (Å²) in [7, 11) is 0. The number of aromatic amines is 1. The Morgan fingerprint density at radius 2 is 1.90 bits per heavy atom. The Kier molecular flexibility index (Phi) is 5.23. The van der Waals surface area contributed by atoms with Crippen LogP contribution in [0.5, 0.6) is 0 Å². The molecule has 1 saturated heterocycles. The summed E-state index contributed by atoms with van der Waals surface area (Å²) in [4.78, 5) is 22.1. The minimum Gasteiger partial charge on any atom is -0.403 e. The van der Waals surface area contributed by atoms with Crippen molar-refractivity contribution in [1.82, 2.24) is 20.2 Å². The van der Waals surface area contributed by atoms with Gasteiger partial charge in [-0.25, -0.2) is 4.98 Å². The fraction of sp³-hybridized carbons (Fsp3) is 0.409. The van der Waals surface area contributed by atoms with Crippen molar-refractivity contribution < 1.29 is 4.42 Å². The molecular formula is C22H25N7O2. The van der Waals surface area contributed by atoms with Crippen molar-refractivity contribution in [3.8, 4) is 11.5 Å². The monoisotopic (exact) mass is 419 g/mol. The van der Waals surface area contributed by atoms with Crippen LogP contribution < -0.4 is 15.8 Å². The molecule has 0 radical (unpaired) electrons. The van der Waals surface area contributed by atoms with Crippen LogP contribution >= 0.6 is 0 Å². The molecule has 160 valence electrons. The molecule has 1 aromatic carbocycles. The number of nitrogens with one attached hydrogen (secondary N) is 3. The third-order valence-corrected chi connectivity index (χ3v) is 6.04. The van der Waals surface area contributed by atoms with Gasteiger partial charge in [-0.3, -0.25) is 4.79 Å². The van der Waals surface area contributed by atoms with Crippen LogP contribution in [-0.2, 0) is 0 Å². The van der Waals surface area contributed by atoms with Gasteiger partial charge in [0, 0.05) is 30.9 Å². The molecular weight excluding hydrogens is 394 g/mol. The Bertz CT molecular complexity index is 1110. The summed E-state index contributed by atoms with van der Waals surface area (Å²) in [6.45, 7) is 1.26. The molecule has 0 unspecified atom stereocenters. The molecule has 1 aliphatic carbocycles. The molecule has 3 N–H and O–H groups in total. The number of H-pyrrole nitrogens is 1. The first-order chi connectivity index (χ1) is 15.2. The van der Waals surface area contributed by atoms with Gasteiger partial charge in [0.1, 0.15) is 11.6 Å². The molecule has 0 bridgehead atoms. The Morgan fingerprint density at radius 3 is 2.65 bits per heavy atom. The molecule has 31 heavy (non-hydrogen) atoms.